The molecule has 20 heavy (non-hydrogen) atoms. The third-order valence-corrected chi connectivity index (χ3v) is 3.79. The molecule has 0 saturated heterocycles. The van der Waals surface area contributed by atoms with Crippen LogP contribution in [0.15, 0.2) is 0 Å². The van der Waals surface area contributed by atoms with Gasteiger partial charge in [-0.2, -0.15) is 15.5 Å². The number of rotatable bonds is 3. The van der Waals surface area contributed by atoms with Gasteiger partial charge in [0, 0.05) is 5.69 Å². The Labute approximate surface area is 119 Å². The molecule has 5 nitrogen and oxygen atoms in total. The lowest BCUT2D eigenvalue weighted by Crippen LogP contribution is -2.11. The second kappa shape index (κ2) is 5.41. The van der Waals surface area contributed by atoms with Crippen LogP contribution in [0.1, 0.15) is 47.6 Å². The summed E-state index contributed by atoms with van der Waals surface area (Å²) in [5.74, 6) is 0.537. The van der Waals surface area contributed by atoms with E-state index in [4.69, 9.17) is 0 Å². The molecule has 0 atom stereocenters. The van der Waals surface area contributed by atoms with Crippen LogP contribution in [0.25, 0.3) is 5.82 Å². The minimum absolute atomic E-state index is 0.537. The predicted molar refractivity (Wildman–Crippen MR) is 76.8 cm³/mol. The largest absolute Gasteiger partial charge is 0.216 e. The molecule has 0 N–H and O–H groups in total. The number of aryl methyl sites for hydroxylation is 2. The molecule has 0 spiro atoms. The second-order valence-electron chi connectivity index (χ2n) is 4.85. The van der Waals surface area contributed by atoms with Crippen LogP contribution >= 0.6 is 0 Å². The molecule has 2 heterocycles. The van der Waals surface area contributed by atoms with Crippen molar-refractivity contribution in [2.75, 3.05) is 0 Å². The average molecular weight is 269 g/mol. The summed E-state index contributed by atoms with van der Waals surface area (Å²) in [4.78, 5) is 0. The Morgan fingerprint density at radius 3 is 2.25 bits per heavy atom. The van der Waals surface area contributed by atoms with Crippen molar-refractivity contribution in [1.29, 1.82) is 5.26 Å². The second-order valence-corrected chi connectivity index (χ2v) is 4.85. The van der Waals surface area contributed by atoms with Crippen LogP contribution < -0.4 is 0 Å². The topological polar surface area (TPSA) is 67.4 Å². The highest BCUT2D eigenvalue weighted by atomic mass is 15.4. The average Bonchev–Trinajstić information content (AvgIpc) is 2.72. The summed E-state index contributed by atoms with van der Waals surface area (Å²) < 4.78 is 1.73. The summed E-state index contributed by atoms with van der Waals surface area (Å²) in [5.41, 5.74) is 5.53. The highest BCUT2D eigenvalue weighted by molar-refractivity contribution is 5.51. The van der Waals surface area contributed by atoms with Crippen LogP contribution in [0, 0.1) is 32.1 Å². The van der Waals surface area contributed by atoms with Crippen LogP contribution in [0.2, 0.25) is 0 Å². The SMILES string of the molecule is CCc1nnc(-n2nc(C)c(C)c2C)c(C#N)c1CC. The molecule has 2 rings (SSSR count). The maximum Gasteiger partial charge on any atom is 0.194 e. The third kappa shape index (κ3) is 2.07. The first kappa shape index (κ1) is 14.2. The van der Waals surface area contributed by atoms with Crippen molar-refractivity contribution >= 4 is 0 Å². The molecule has 0 aromatic carbocycles. The van der Waals surface area contributed by atoms with Gasteiger partial charge in [-0.3, -0.25) is 0 Å². The van der Waals surface area contributed by atoms with Crippen molar-refractivity contribution in [1.82, 2.24) is 20.0 Å². The first-order valence-corrected chi connectivity index (χ1v) is 6.86. The maximum atomic E-state index is 9.52. The summed E-state index contributed by atoms with van der Waals surface area (Å²) in [5, 5.41) is 22.5. The molecular formula is C15H19N5. The molecule has 0 fully saturated rings. The van der Waals surface area contributed by atoms with E-state index in [1.54, 1.807) is 4.68 Å². The molecule has 0 unspecified atom stereocenters. The zero-order valence-electron chi connectivity index (χ0n) is 12.7. The third-order valence-electron chi connectivity index (χ3n) is 3.79. The fourth-order valence-electron chi connectivity index (χ4n) is 2.35. The Morgan fingerprint density at radius 1 is 1.10 bits per heavy atom. The van der Waals surface area contributed by atoms with Crippen LogP contribution in [0.3, 0.4) is 0 Å². The summed E-state index contributed by atoms with van der Waals surface area (Å²) in [6, 6.07) is 2.28. The zero-order valence-corrected chi connectivity index (χ0v) is 12.7. The Kier molecular flexibility index (Phi) is 3.84. The van der Waals surface area contributed by atoms with Gasteiger partial charge in [-0.05, 0) is 44.7 Å². The molecule has 0 saturated carbocycles. The minimum Gasteiger partial charge on any atom is -0.216 e. The van der Waals surface area contributed by atoms with Gasteiger partial charge in [-0.1, -0.05) is 13.8 Å². The van der Waals surface area contributed by atoms with E-state index in [9.17, 15) is 5.26 Å². The van der Waals surface area contributed by atoms with Crippen molar-refractivity contribution in [3.05, 3.63) is 33.8 Å². The highest BCUT2D eigenvalue weighted by Gasteiger charge is 2.19. The van der Waals surface area contributed by atoms with Crippen molar-refractivity contribution in [2.24, 2.45) is 0 Å². The van der Waals surface area contributed by atoms with Crippen molar-refractivity contribution in [3.8, 4) is 11.9 Å². The standard InChI is InChI=1S/C15H19N5/c1-6-12-13(8-16)15(18-17-14(12)7-2)20-11(5)9(3)10(4)19-20/h6-7H2,1-5H3. The Morgan fingerprint density at radius 2 is 1.80 bits per heavy atom. The first-order chi connectivity index (χ1) is 9.54. The van der Waals surface area contributed by atoms with Crippen LogP contribution in [0.4, 0.5) is 0 Å². The van der Waals surface area contributed by atoms with Crippen molar-refractivity contribution in [3.63, 3.8) is 0 Å². The van der Waals surface area contributed by atoms with Gasteiger partial charge in [0.15, 0.2) is 5.82 Å². The van der Waals surface area contributed by atoms with E-state index in [-0.39, 0.29) is 0 Å². The zero-order chi connectivity index (χ0) is 14.9. The lowest BCUT2D eigenvalue weighted by Gasteiger charge is -2.11. The fourth-order valence-corrected chi connectivity index (χ4v) is 2.35. The molecule has 0 radical (unpaired) electrons. The molecule has 2 aromatic heterocycles. The van der Waals surface area contributed by atoms with Gasteiger partial charge in [-0.15, -0.1) is 5.10 Å². The summed E-state index contributed by atoms with van der Waals surface area (Å²) >= 11 is 0. The number of nitriles is 1. The first-order valence-electron chi connectivity index (χ1n) is 6.86. The summed E-state index contributed by atoms with van der Waals surface area (Å²) in [6.07, 6.45) is 1.55. The van der Waals surface area contributed by atoms with E-state index < -0.39 is 0 Å². The molecule has 0 bridgehead atoms. The van der Waals surface area contributed by atoms with Crippen LogP contribution in [-0.2, 0) is 12.8 Å². The Bertz CT molecular complexity index is 691. The summed E-state index contributed by atoms with van der Waals surface area (Å²) in [7, 11) is 0. The Hall–Kier alpha value is -2.22. The molecular weight excluding hydrogens is 250 g/mol. The van der Waals surface area contributed by atoms with Gasteiger partial charge in [0.2, 0.25) is 0 Å². The lowest BCUT2D eigenvalue weighted by molar-refractivity contribution is 0.755. The van der Waals surface area contributed by atoms with Crippen LogP contribution in [0.5, 0.6) is 0 Å². The van der Waals surface area contributed by atoms with E-state index >= 15 is 0 Å². The van der Waals surface area contributed by atoms with E-state index in [0.29, 0.717) is 11.4 Å². The van der Waals surface area contributed by atoms with Gasteiger partial charge in [-0.25, -0.2) is 4.68 Å². The molecule has 5 heteroatoms. The molecule has 0 amide bonds. The number of hydrogen-bond donors (Lipinski definition) is 0. The van der Waals surface area contributed by atoms with Crippen molar-refractivity contribution in [2.45, 2.75) is 47.5 Å². The highest BCUT2D eigenvalue weighted by Crippen LogP contribution is 2.22. The molecule has 104 valence electrons. The van der Waals surface area contributed by atoms with E-state index in [1.807, 2.05) is 34.6 Å². The smallest absolute Gasteiger partial charge is 0.194 e. The molecule has 2 aromatic rings. The number of aromatic nitrogens is 4. The minimum atomic E-state index is 0.537. The molecule has 0 aliphatic rings. The van der Waals surface area contributed by atoms with Gasteiger partial charge >= 0.3 is 0 Å². The van der Waals surface area contributed by atoms with Gasteiger partial charge in [0.1, 0.15) is 11.6 Å². The quantitative estimate of drug-likeness (QED) is 0.859. The van der Waals surface area contributed by atoms with E-state index in [2.05, 4.69) is 21.4 Å². The molecule has 0 aliphatic heterocycles. The lowest BCUT2D eigenvalue weighted by atomic mass is 10.0. The van der Waals surface area contributed by atoms with Gasteiger partial charge < -0.3 is 0 Å². The fraction of sp³-hybridized carbons (Fsp3) is 0.467. The normalized spacial score (nSPS) is 10.6. The predicted octanol–water partition coefficient (Wildman–Crippen LogP) is 2.58. The van der Waals surface area contributed by atoms with Crippen LogP contribution in [-0.4, -0.2) is 20.0 Å². The van der Waals surface area contributed by atoms with E-state index in [1.165, 1.54) is 0 Å². The van der Waals surface area contributed by atoms with E-state index in [0.717, 1.165) is 41.1 Å². The van der Waals surface area contributed by atoms with Gasteiger partial charge in [0.05, 0.1) is 11.4 Å². The summed E-state index contributed by atoms with van der Waals surface area (Å²) in [6.45, 7) is 10.0. The monoisotopic (exact) mass is 269 g/mol. The maximum absolute atomic E-state index is 9.52. The Balaban J connectivity index is 2.75. The molecule has 0 aliphatic carbocycles. The van der Waals surface area contributed by atoms with Crippen molar-refractivity contribution < 1.29 is 0 Å². The van der Waals surface area contributed by atoms with Gasteiger partial charge in [0.25, 0.3) is 0 Å². The number of nitrogens with zero attached hydrogens (tertiary/aromatic N) is 5. The number of hydrogen-bond acceptors (Lipinski definition) is 4.